The second-order valence-electron chi connectivity index (χ2n) is 3.58. The van der Waals surface area contributed by atoms with Gasteiger partial charge in [-0.3, -0.25) is 4.79 Å². The lowest BCUT2D eigenvalue weighted by atomic mass is 9.90. The lowest BCUT2D eigenvalue weighted by Crippen LogP contribution is -2.31. The van der Waals surface area contributed by atoms with E-state index in [0.717, 1.165) is 0 Å². The topological polar surface area (TPSA) is 29.1 Å². The normalized spacial score (nSPS) is 20.2. The van der Waals surface area contributed by atoms with Crippen LogP contribution in [0.15, 0.2) is 18.2 Å². The number of carbonyl (C=O) groups is 1. The molecule has 0 aliphatic carbocycles. The molecule has 1 aliphatic heterocycles. The van der Waals surface area contributed by atoms with Gasteiger partial charge in [-0.15, -0.1) is 0 Å². The summed E-state index contributed by atoms with van der Waals surface area (Å²) in [6.45, 7) is 0. The molecule has 1 unspecified atom stereocenters. The molecule has 1 aromatic carbocycles. The standard InChI is InChI=1S/C10H7ClF3NO/c11-5-1-2-8-6(3-5)7(10(12,13)14)4-9(16)15-8/h1-3,7H,4H2,(H,15,16). The van der Waals surface area contributed by atoms with E-state index >= 15 is 0 Å². The van der Waals surface area contributed by atoms with E-state index in [-0.39, 0.29) is 16.3 Å². The molecular weight excluding hydrogens is 243 g/mol. The molecule has 0 radical (unpaired) electrons. The molecule has 1 aromatic rings. The number of benzene rings is 1. The number of hydrogen-bond acceptors (Lipinski definition) is 1. The molecule has 0 fully saturated rings. The maximum absolute atomic E-state index is 12.7. The van der Waals surface area contributed by atoms with Crippen LogP contribution in [0.4, 0.5) is 18.9 Å². The van der Waals surface area contributed by atoms with Crippen molar-refractivity contribution in [2.75, 3.05) is 5.32 Å². The smallest absolute Gasteiger partial charge is 0.326 e. The van der Waals surface area contributed by atoms with Gasteiger partial charge in [0.05, 0.1) is 5.92 Å². The van der Waals surface area contributed by atoms with E-state index in [1.54, 1.807) is 0 Å². The molecule has 0 saturated heterocycles. The zero-order chi connectivity index (χ0) is 11.9. The Balaban J connectivity index is 2.52. The van der Waals surface area contributed by atoms with Crippen molar-refractivity contribution in [1.82, 2.24) is 0 Å². The summed E-state index contributed by atoms with van der Waals surface area (Å²) < 4.78 is 38.1. The molecule has 2 rings (SSSR count). The van der Waals surface area contributed by atoms with Crippen molar-refractivity contribution >= 4 is 23.2 Å². The highest BCUT2D eigenvalue weighted by atomic mass is 35.5. The minimum absolute atomic E-state index is 0.0274. The van der Waals surface area contributed by atoms with Crippen molar-refractivity contribution in [1.29, 1.82) is 0 Å². The lowest BCUT2D eigenvalue weighted by Gasteiger charge is -2.27. The molecular formula is C10H7ClF3NO. The van der Waals surface area contributed by atoms with Gasteiger partial charge < -0.3 is 5.32 Å². The van der Waals surface area contributed by atoms with E-state index in [4.69, 9.17) is 11.6 Å². The summed E-state index contributed by atoms with van der Waals surface area (Å²) in [5, 5.41) is 2.62. The van der Waals surface area contributed by atoms with E-state index in [2.05, 4.69) is 5.32 Å². The van der Waals surface area contributed by atoms with Gasteiger partial charge in [0.25, 0.3) is 0 Å². The van der Waals surface area contributed by atoms with Gasteiger partial charge in [-0.25, -0.2) is 0 Å². The molecule has 1 aliphatic rings. The van der Waals surface area contributed by atoms with Gasteiger partial charge in [-0.1, -0.05) is 11.6 Å². The van der Waals surface area contributed by atoms with Crippen LogP contribution in [0.3, 0.4) is 0 Å². The predicted molar refractivity (Wildman–Crippen MR) is 53.5 cm³/mol. The highest BCUT2D eigenvalue weighted by Crippen LogP contribution is 2.43. The van der Waals surface area contributed by atoms with Gasteiger partial charge in [0.2, 0.25) is 5.91 Å². The number of fused-ring (bicyclic) bond motifs is 1. The van der Waals surface area contributed by atoms with Crippen LogP contribution in [0.5, 0.6) is 0 Å². The number of alkyl halides is 3. The number of nitrogens with one attached hydrogen (secondary N) is 1. The average Bonchev–Trinajstić information content (AvgIpc) is 2.16. The first-order valence-electron chi connectivity index (χ1n) is 4.54. The zero-order valence-corrected chi connectivity index (χ0v) is 8.69. The fraction of sp³-hybridized carbons (Fsp3) is 0.300. The van der Waals surface area contributed by atoms with Gasteiger partial charge in [-0.2, -0.15) is 13.2 Å². The Morgan fingerprint density at radius 2 is 2.06 bits per heavy atom. The van der Waals surface area contributed by atoms with E-state index in [0.29, 0.717) is 0 Å². The summed E-state index contributed by atoms with van der Waals surface area (Å²) in [4.78, 5) is 11.1. The summed E-state index contributed by atoms with van der Waals surface area (Å²) >= 11 is 5.65. The highest BCUT2D eigenvalue weighted by Gasteiger charge is 2.45. The van der Waals surface area contributed by atoms with Gasteiger partial charge in [0.15, 0.2) is 0 Å². The van der Waals surface area contributed by atoms with Gasteiger partial charge in [-0.05, 0) is 23.8 Å². The first-order valence-corrected chi connectivity index (χ1v) is 4.92. The highest BCUT2D eigenvalue weighted by molar-refractivity contribution is 6.30. The molecule has 16 heavy (non-hydrogen) atoms. The van der Waals surface area contributed by atoms with Crippen molar-refractivity contribution in [2.24, 2.45) is 0 Å². The summed E-state index contributed by atoms with van der Waals surface area (Å²) in [5.41, 5.74) is 0.211. The number of rotatable bonds is 0. The fourth-order valence-electron chi connectivity index (χ4n) is 1.72. The molecule has 0 bridgehead atoms. The molecule has 2 nitrogen and oxygen atoms in total. The van der Waals surface area contributed by atoms with Crippen molar-refractivity contribution in [2.45, 2.75) is 18.5 Å². The maximum atomic E-state index is 12.7. The van der Waals surface area contributed by atoms with Crippen LogP contribution in [0.1, 0.15) is 17.9 Å². The third kappa shape index (κ3) is 2.00. The SMILES string of the molecule is O=C1CC(C(F)(F)F)c2cc(Cl)ccc2N1. The van der Waals surface area contributed by atoms with Crippen molar-refractivity contribution in [3.8, 4) is 0 Å². The molecule has 6 heteroatoms. The predicted octanol–water partition coefficient (Wildman–Crippen LogP) is 3.33. The van der Waals surface area contributed by atoms with Crippen LogP contribution in [0, 0.1) is 0 Å². The van der Waals surface area contributed by atoms with Crippen LogP contribution in [0.2, 0.25) is 5.02 Å². The van der Waals surface area contributed by atoms with Crippen LogP contribution < -0.4 is 5.32 Å². The Hall–Kier alpha value is -1.23. The Labute approximate surface area is 94.4 Å². The van der Waals surface area contributed by atoms with Crippen LogP contribution in [0.25, 0.3) is 0 Å². The van der Waals surface area contributed by atoms with Gasteiger partial charge >= 0.3 is 6.18 Å². The number of hydrogen-bond donors (Lipinski definition) is 1. The Bertz CT molecular complexity index is 444. The first-order chi connectivity index (χ1) is 7.38. The van der Waals surface area contributed by atoms with Gasteiger partial charge in [0, 0.05) is 17.1 Å². The zero-order valence-electron chi connectivity index (χ0n) is 7.94. The number of carbonyl (C=O) groups excluding carboxylic acids is 1. The summed E-state index contributed by atoms with van der Waals surface area (Å²) in [7, 11) is 0. The number of anilines is 1. The van der Waals surface area contributed by atoms with E-state index < -0.39 is 24.4 Å². The van der Waals surface area contributed by atoms with Crippen molar-refractivity contribution < 1.29 is 18.0 Å². The Morgan fingerprint density at radius 1 is 1.38 bits per heavy atom. The fourth-order valence-corrected chi connectivity index (χ4v) is 1.90. The van der Waals surface area contributed by atoms with Gasteiger partial charge in [0.1, 0.15) is 0 Å². The van der Waals surface area contributed by atoms with E-state index in [1.165, 1.54) is 18.2 Å². The minimum Gasteiger partial charge on any atom is -0.326 e. The second-order valence-corrected chi connectivity index (χ2v) is 4.01. The molecule has 0 saturated carbocycles. The summed E-state index contributed by atoms with van der Waals surface area (Å²) in [6.07, 6.45) is -5.02. The molecule has 1 amide bonds. The molecule has 0 spiro atoms. The number of amides is 1. The largest absolute Gasteiger partial charge is 0.396 e. The Kier molecular flexibility index (Phi) is 2.58. The molecule has 0 aromatic heterocycles. The second kappa shape index (κ2) is 3.66. The maximum Gasteiger partial charge on any atom is 0.396 e. The van der Waals surface area contributed by atoms with E-state index in [1.807, 2.05) is 0 Å². The monoisotopic (exact) mass is 249 g/mol. The third-order valence-electron chi connectivity index (χ3n) is 2.45. The molecule has 1 heterocycles. The van der Waals surface area contributed by atoms with Crippen LogP contribution >= 0.6 is 11.6 Å². The summed E-state index contributed by atoms with van der Waals surface area (Å²) in [6, 6.07) is 4.07. The number of halogens is 4. The quantitative estimate of drug-likeness (QED) is 0.751. The van der Waals surface area contributed by atoms with Crippen LogP contribution in [-0.2, 0) is 4.79 Å². The summed E-state index contributed by atoms with van der Waals surface area (Å²) in [5.74, 6) is -2.40. The lowest BCUT2D eigenvalue weighted by molar-refractivity contribution is -0.156. The molecule has 1 atom stereocenters. The molecule has 86 valence electrons. The Morgan fingerprint density at radius 3 is 2.69 bits per heavy atom. The third-order valence-corrected chi connectivity index (χ3v) is 2.68. The van der Waals surface area contributed by atoms with E-state index in [9.17, 15) is 18.0 Å². The molecule has 1 N–H and O–H groups in total. The van der Waals surface area contributed by atoms with Crippen molar-refractivity contribution in [3.63, 3.8) is 0 Å². The first kappa shape index (κ1) is 11.3. The minimum atomic E-state index is -4.43. The average molecular weight is 250 g/mol. The van der Waals surface area contributed by atoms with Crippen LogP contribution in [-0.4, -0.2) is 12.1 Å². The van der Waals surface area contributed by atoms with Crippen molar-refractivity contribution in [3.05, 3.63) is 28.8 Å².